The smallest absolute Gasteiger partial charge is 0.0594 e. The SMILES string of the molecule is CCc1ccc(C(CN2CCOCC2)N2CCNC(C)C2)cc1. The molecule has 0 aromatic heterocycles. The molecule has 0 saturated carbocycles. The van der Waals surface area contributed by atoms with E-state index in [1.807, 2.05) is 0 Å². The molecule has 1 aromatic rings. The molecule has 3 rings (SSSR count). The lowest BCUT2D eigenvalue weighted by atomic mass is 10.0. The molecule has 1 aromatic carbocycles. The van der Waals surface area contributed by atoms with Crippen LogP contribution in [0.3, 0.4) is 0 Å². The molecule has 0 amide bonds. The highest BCUT2D eigenvalue weighted by Gasteiger charge is 2.27. The molecule has 4 heteroatoms. The van der Waals surface area contributed by atoms with Crippen molar-refractivity contribution in [3.63, 3.8) is 0 Å². The van der Waals surface area contributed by atoms with Gasteiger partial charge < -0.3 is 10.1 Å². The lowest BCUT2D eigenvalue weighted by molar-refractivity contribution is 0.0187. The summed E-state index contributed by atoms with van der Waals surface area (Å²) < 4.78 is 5.51. The Balaban J connectivity index is 1.76. The van der Waals surface area contributed by atoms with Gasteiger partial charge in [0.15, 0.2) is 0 Å². The number of hydrogen-bond donors (Lipinski definition) is 1. The lowest BCUT2D eigenvalue weighted by Gasteiger charge is -2.41. The average Bonchev–Trinajstić information content (AvgIpc) is 2.61. The van der Waals surface area contributed by atoms with Crippen LogP contribution in [0.5, 0.6) is 0 Å². The van der Waals surface area contributed by atoms with Gasteiger partial charge in [-0.15, -0.1) is 0 Å². The second kappa shape index (κ2) is 8.25. The molecule has 0 radical (unpaired) electrons. The van der Waals surface area contributed by atoms with E-state index in [0.717, 1.165) is 58.9 Å². The van der Waals surface area contributed by atoms with Crippen molar-refractivity contribution in [3.05, 3.63) is 35.4 Å². The maximum Gasteiger partial charge on any atom is 0.0594 e. The summed E-state index contributed by atoms with van der Waals surface area (Å²) in [5.74, 6) is 0. The van der Waals surface area contributed by atoms with Gasteiger partial charge in [0.25, 0.3) is 0 Å². The van der Waals surface area contributed by atoms with E-state index in [1.54, 1.807) is 0 Å². The van der Waals surface area contributed by atoms with Crippen molar-refractivity contribution in [2.45, 2.75) is 32.4 Å². The Morgan fingerprint density at radius 1 is 1.17 bits per heavy atom. The van der Waals surface area contributed by atoms with E-state index < -0.39 is 0 Å². The van der Waals surface area contributed by atoms with Gasteiger partial charge in [0.1, 0.15) is 0 Å². The number of aryl methyl sites for hydroxylation is 1. The van der Waals surface area contributed by atoms with Gasteiger partial charge in [0, 0.05) is 51.4 Å². The van der Waals surface area contributed by atoms with E-state index in [2.05, 4.69) is 53.2 Å². The molecule has 0 aliphatic carbocycles. The summed E-state index contributed by atoms with van der Waals surface area (Å²) in [4.78, 5) is 5.23. The van der Waals surface area contributed by atoms with Crippen LogP contribution in [0.25, 0.3) is 0 Å². The maximum absolute atomic E-state index is 5.51. The fourth-order valence-corrected chi connectivity index (χ4v) is 3.68. The van der Waals surface area contributed by atoms with Crippen LogP contribution in [-0.4, -0.2) is 68.3 Å². The van der Waals surface area contributed by atoms with Crippen molar-refractivity contribution in [1.29, 1.82) is 0 Å². The highest BCUT2D eigenvalue weighted by atomic mass is 16.5. The predicted octanol–water partition coefficient (Wildman–Crippen LogP) is 1.92. The molecule has 0 bridgehead atoms. The molecule has 2 atom stereocenters. The van der Waals surface area contributed by atoms with Gasteiger partial charge >= 0.3 is 0 Å². The van der Waals surface area contributed by atoms with Crippen molar-refractivity contribution in [2.24, 2.45) is 0 Å². The van der Waals surface area contributed by atoms with Crippen LogP contribution in [0.4, 0.5) is 0 Å². The van der Waals surface area contributed by atoms with Crippen molar-refractivity contribution in [1.82, 2.24) is 15.1 Å². The van der Waals surface area contributed by atoms with Gasteiger partial charge in [-0.25, -0.2) is 0 Å². The number of benzene rings is 1. The predicted molar refractivity (Wildman–Crippen MR) is 94.9 cm³/mol. The minimum atomic E-state index is 0.489. The van der Waals surface area contributed by atoms with Crippen molar-refractivity contribution in [3.8, 4) is 0 Å². The first-order valence-electron chi connectivity index (χ1n) is 9.12. The van der Waals surface area contributed by atoms with Crippen LogP contribution in [-0.2, 0) is 11.2 Å². The van der Waals surface area contributed by atoms with Crippen LogP contribution in [0.15, 0.2) is 24.3 Å². The van der Waals surface area contributed by atoms with Crippen LogP contribution < -0.4 is 5.32 Å². The quantitative estimate of drug-likeness (QED) is 0.898. The molecule has 2 aliphatic heterocycles. The standard InChI is InChI=1S/C19H31N3O/c1-3-17-4-6-18(7-5-17)19(15-21-10-12-23-13-11-21)22-9-8-20-16(2)14-22/h4-7,16,19-20H,3,8-15H2,1-2H3. The van der Waals surface area contributed by atoms with Gasteiger partial charge in [-0.2, -0.15) is 0 Å². The average molecular weight is 317 g/mol. The first kappa shape index (κ1) is 16.9. The molecule has 23 heavy (non-hydrogen) atoms. The molecule has 1 N–H and O–H groups in total. The fourth-order valence-electron chi connectivity index (χ4n) is 3.68. The van der Waals surface area contributed by atoms with Crippen LogP contribution >= 0.6 is 0 Å². The zero-order valence-electron chi connectivity index (χ0n) is 14.6. The largest absolute Gasteiger partial charge is 0.379 e. The second-order valence-corrected chi connectivity index (χ2v) is 6.87. The summed E-state index contributed by atoms with van der Waals surface area (Å²) in [7, 11) is 0. The summed E-state index contributed by atoms with van der Waals surface area (Å²) in [6.45, 7) is 12.8. The number of nitrogens with zero attached hydrogens (tertiary/aromatic N) is 2. The number of piperazine rings is 1. The van der Waals surface area contributed by atoms with Crippen LogP contribution in [0.1, 0.15) is 31.0 Å². The molecule has 2 heterocycles. The monoisotopic (exact) mass is 317 g/mol. The zero-order valence-corrected chi connectivity index (χ0v) is 14.6. The Kier molecular flexibility index (Phi) is 6.06. The Hall–Kier alpha value is -0.940. The Morgan fingerprint density at radius 3 is 2.57 bits per heavy atom. The molecule has 2 aliphatic rings. The molecule has 2 fully saturated rings. The van der Waals surface area contributed by atoms with Gasteiger partial charge in [-0.05, 0) is 24.5 Å². The third-order valence-electron chi connectivity index (χ3n) is 5.15. The van der Waals surface area contributed by atoms with Gasteiger partial charge in [0.2, 0.25) is 0 Å². The number of rotatable bonds is 5. The lowest BCUT2D eigenvalue weighted by Crippen LogP contribution is -2.52. The molecular formula is C19H31N3O. The van der Waals surface area contributed by atoms with Gasteiger partial charge in [0.05, 0.1) is 13.2 Å². The van der Waals surface area contributed by atoms with E-state index >= 15 is 0 Å². The van der Waals surface area contributed by atoms with Crippen LogP contribution in [0, 0.1) is 0 Å². The fraction of sp³-hybridized carbons (Fsp3) is 0.684. The van der Waals surface area contributed by atoms with Crippen molar-refractivity contribution < 1.29 is 4.74 Å². The first-order chi connectivity index (χ1) is 11.3. The topological polar surface area (TPSA) is 27.7 Å². The summed E-state index contributed by atoms with van der Waals surface area (Å²) >= 11 is 0. The van der Waals surface area contributed by atoms with E-state index in [9.17, 15) is 0 Å². The number of ether oxygens (including phenoxy) is 1. The van der Waals surface area contributed by atoms with Crippen molar-refractivity contribution >= 4 is 0 Å². The van der Waals surface area contributed by atoms with E-state index in [4.69, 9.17) is 4.74 Å². The molecule has 2 saturated heterocycles. The first-order valence-corrected chi connectivity index (χ1v) is 9.12. The normalized spacial score (nSPS) is 25.4. The summed E-state index contributed by atoms with van der Waals surface area (Å²) in [6, 6.07) is 10.3. The Morgan fingerprint density at radius 2 is 1.91 bits per heavy atom. The van der Waals surface area contributed by atoms with Crippen molar-refractivity contribution in [2.75, 3.05) is 52.5 Å². The second-order valence-electron chi connectivity index (χ2n) is 6.87. The highest BCUT2D eigenvalue weighted by molar-refractivity contribution is 5.25. The van der Waals surface area contributed by atoms with E-state index in [-0.39, 0.29) is 0 Å². The minimum absolute atomic E-state index is 0.489. The zero-order chi connectivity index (χ0) is 16.1. The minimum Gasteiger partial charge on any atom is -0.379 e. The molecule has 4 nitrogen and oxygen atoms in total. The molecule has 2 unspecified atom stereocenters. The van der Waals surface area contributed by atoms with Gasteiger partial charge in [-0.1, -0.05) is 31.2 Å². The maximum atomic E-state index is 5.51. The summed E-state index contributed by atoms with van der Waals surface area (Å²) in [5.41, 5.74) is 2.88. The summed E-state index contributed by atoms with van der Waals surface area (Å²) in [6.07, 6.45) is 1.11. The molecule has 0 spiro atoms. The Labute approximate surface area is 140 Å². The Bertz CT molecular complexity index is 470. The third kappa shape index (κ3) is 4.54. The number of hydrogen-bond acceptors (Lipinski definition) is 4. The van der Waals surface area contributed by atoms with Gasteiger partial charge in [-0.3, -0.25) is 9.80 Å². The number of nitrogens with one attached hydrogen (secondary N) is 1. The molecular weight excluding hydrogens is 286 g/mol. The molecule has 128 valence electrons. The van der Waals surface area contributed by atoms with E-state index in [0.29, 0.717) is 12.1 Å². The summed E-state index contributed by atoms with van der Waals surface area (Å²) in [5, 5.41) is 3.56. The third-order valence-corrected chi connectivity index (χ3v) is 5.15. The van der Waals surface area contributed by atoms with Crippen LogP contribution in [0.2, 0.25) is 0 Å². The highest BCUT2D eigenvalue weighted by Crippen LogP contribution is 2.24. The van der Waals surface area contributed by atoms with E-state index in [1.165, 1.54) is 11.1 Å². The number of morpholine rings is 1.